The lowest BCUT2D eigenvalue weighted by Gasteiger charge is -2.32. The number of aromatic nitrogens is 2. The zero-order chi connectivity index (χ0) is 16.1. The van der Waals surface area contributed by atoms with Crippen molar-refractivity contribution in [3.05, 3.63) is 33.6 Å². The number of rotatable bonds is 2. The van der Waals surface area contributed by atoms with Crippen molar-refractivity contribution < 1.29 is 23.1 Å². The minimum Gasteiger partial charge on any atom is -0.477 e. The highest BCUT2D eigenvalue weighted by atomic mass is 19.4. The molecule has 9 heteroatoms. The Hall–Kier alpha value is -2.58. The third-order valence-corrected chi connectivity index (χ3v) is 3.55. The normalized spacial score (nSPS) is 15.0. The molecule has 1 saturated heterocycles. The minimum absolute atomic E-state index is 0.116. The van der Waals surface area contributed by atoms with E-state index in [-0.39, 0.29) is 11.5 Å². The molecule has 0 bridgehead atoms. The monoisotopic (exact) mass is 313 g/mol. The van der Waals surface area contributed by atoms with Gasteiger partial charge in [-0.3, -0.25) is 4.79 Å². The number of anilines is 1. The Bertz CT molecular complexity index is 825. The van der Waals surface area contributed by atoms with Crippen LogP contribution in [0.1, 0.15) is 22.3 Å². The lowest BCUT2D eigenvalue weighted by Crippen LogP contribution is -2.38. The van der Waals surface area contributed by atoms with Gasteiger partial charge in [-0.1, -0.05) is 0 Å². The maximum atomic E-state index is 13.2. The van der Waals surface area contributed by atoms with E-state index in [1.54, 1.807) is 4.90 Å². The van der Waals surface area contributed by atoms with E-state index in [0.717, 1.165) is 18.7 Å². The first-order chi connectivity index (χ1) is 10.3. The van der Waals surface area contributed by atoms with Gasteiger partial charge < -0.3 is 15.0 Å². The fraction of sp³-hybridized carbons (Fsp3) is 0.308. The van der Waals surface area contributed by atoms with Crippen molar-refractivity contribution in [1.29, 1.82) is 0 Å². The lowest BCUT2D eigenvalue weighted by molar-refractivity contribution is -0.136. The number of pyridine rings is 2. The number of hydrogen-bond acceptors (Lipinski definition) is 4. The number of fused-ring (bicyclic) bond motifs is 1. The van der Waals surface area contributed by atoms with Crippen molar-refractivity contribution in [2.75, 3.05) is 18.0 Å². The molecule has 1 aliphatic heterocycles. The van der Waals surface area contributed by atoms with Crippen molar-refractivity contribution in [1.82, 2.24) is 9.97 Å². The Morgan fingerprint density at radius 2 is 2.05 bits per heavy atom. The molecule has 0 radical (unpaired) electrons. The van der Waals surface area contributed by atoms with Crippen molar-refractivity contribution >= 4 is 22.8 Å². The molecule has 0 aromatic carbocycles. The molecular formula is C13H10F3N3O3. The Labute approximate surface area is 121 Å². The van der Waals surface area contributed by atoms with Gasteiger partial charge in [0.15, 0.2) is 0 Å². The zero-order valence-electron chi connectivity index (χ0n) is 11.1. The number of halogens is 3. The maximum absolute atomic E-state index is 13.2. The SMILES string of the molecule is O=C(O)c1c[nH]c2nc(N3CCC3)cc(C(F)(F)F)c2c1=O. The number of nitrogens with one attached hydrogen (secondary N) is 1. The number of aromatic amines is 1. The van der Waals surface area contributed by atoms with Crippen molar-refractivity contribution in [2.45, 2.75) is 12.6 Å². The highest BCUT2D eigenvalue weighted by Gasteiger charge is 2.36. The topological polar surface area (TPSA) is 86.3 Å². The van der Waals surface area contributed by atoms with Crippen LogP contribution in [-0.4, -0.2) is 34.1 Å². The Kier molecular flexibility index (Phi) is 3.08. The van der Waals surface area contributed by atoms with Gasteiger partial charge in [-0.25, -0.2) is 9.78 Å². The predicted molar refractivity (Wildman–Crippen MR) is 71.2 cm³/mol. The summed E-state index contributed by atoms with van der Waals surface area (Å²) in [5.41, 5.74) is -3.40. The Morgan fingerprint density at radius 1 is 1.36 bits per heavy atom. The number of carbonyl (C=O) groups is 1. The standard InChI is InChI=1S/C13H10F3N3O3/c14-13(15,16)7-4-8(19-2-1-3-19)18-11-9(7)10(20)6(5-17-11)12(21)22/h4-5H,1-3H2,(H,21,22)(H,17,18,20). The van der Waals surface area contributed by atoms with Crippen LogP contribution in [0.4, 0.5) is 19.0 Å². The highest BCUT2D eigenvalue weighted by molar-refractivity contribution is 5.93. The maximum Gasteiger partial charge on any atom is 0.417 e. The average Bonchev–Trinajstić information content (AvgIpc) is 2.34. The average molecular weight is 313 g/mol. The van der Waals surface area contributed by atoms with E-state index in [0.29, 0.717) is 13.1 Å². The zero-order valence-corrected chi connectivity index (χ0v) is 11.1. The number of alkyl halides is 3. The summed E-state index contributed by atoms with van der Waals surface area (Å²) >= 11 is 0. The van der Waals surface area contributed by atoms with E-state index in [1.165, 1.54) is 0 Å². The van der Waals surface area contributed by atoms with Gasteiger partial charge >= 0.3 is 12.1 Å². The van der Waals surface area contributed by atoms with Crippen LogP contribution in [0.3, 0.4) is 0 Å². The molecule has 3 heterocycles. The van der Waals surface area contributed by atoms with Gasteiger partial charge in [-0.05, 0) is 12.5 Å². The molecule has 116 valence electrons. The van der Waals surface area contributed by atoms with Crippen LogP contribution in [-0.2, 0) is 6.18 Å². The van der Waals surface area contributed by atoms with Gasteiger partial charge in [0.1, 0.15) is 17.0 Å². The minimum atomic E-state index is -4.79. The second-order valence-electron chi connectivity index (χ2n) is 4.93. The van der Waals surface area contributed by atoms with E-state index >= 15 is 0 Å². The summed E-state index contributed by atoms with van der Waals surface area (Å²) in [6.45, 7) is 1.18. The summed E-state index contributed by atoms with van der Waals surface area (Å²) in [5.74, 6) is -1.48. The van der Waals surface area contributed by atoms with E-state index in [2.05, 4.69) is 9.97 Å². The molecule has 0 aliphatic carbocycles. The molecule has 2 aromatic rings. The van der Waals surface area contributed by atoms with E-state index < -0.39 is 34.1 Å². The fourth-order valence-corrected chi connectivity index (χ4v) is 2.30. The lowest BCUT2D eigenvalue weighted by atomic mass is 10.1. The molecule has 22 heavy (non-hydrogen) atoms. The molecule has 1 aliphatic rings. The summed E-state index contributed by atoms with van der Waals surface area (Å²) in [6, 6.07) is 0.794. The van der Waals surface area contributed by atoms with Gasteiger partial charge in [-0.15, -0.1) is 0 Å². The van der Waals surface area contributed by atoms with Crippen LogP contribution in [0.15, 0.2) is 17.1 Å². The molecule has 6 nitrogen and oxygen atoms in total. The molecule has 0 saturated carbocycles. The van der Waals surface area contributed by atoms with Crippen LogP contribution in [0.2, 0.25) is 0 Å². The van der Waals surface area contributed by atoms with Gasteiger partial charge in [-0.2, -0.15) is 13.2 Å². The second kappa shape index (κ2) is 4.72. The van der Waals surface area contributed by atoms with Crippen molar-refractivity contribution in [2.24, 2.45) is 0 Å². The van der Waals surface area contributed by atoms with E-state index in [1.807, 2.05) is 0 Å². The molecule has 3 rings (SSSR count). The Balaban J connectivity index is 2.35. The van der Waals surface area contributed by atoms with Gasteiger partial charge in [0.05, 0.1) is 10.9 Å². The smallest absolute Gasteiger partial charge is 0.417 e. The van der Waals surface area contributed by atoms with Gasteiger partial charge in [0, 0.05) is 19.3 Å². The molecule has 2 aromatic heterocycles. The predicted octanol–water partition coefficient (Wildman–Crippen LogP) is 1.85. The van der Waals surface area contributed by atoms with Crippen LogP contribution in [0, 0.1) is 0 Å². The number of aromatic carboxylic acids is 1. The molecule has 0 spiro atoms. The fourth-order valence-electron chi connectivity index (χ4n) is 2.30. The highest BCUT2D eigenvalue weighted by Crippen LogP contribution is 2.35. The summed E-state index contributed by atoms with van der Waals surface area (Å²) < 4.78 is 39.7. The largest absolute Gasteiger partial charge is 0.477 e. The number of hydrogen-bond donors (Lipinski definition) is 2. The van der Waals surface area contributed by atoms with Gasteiger partial charge in [0.2, 0.25) is 5.43 Å². The van der Waals surface area contributed by atoms with Crippen LogP contribution < -0.4 is 10.3 Å². The van der Waals surface area contributed by atoms with E-state index in [4.69, 9.17) is 5.11 Å². The summed E-state index contributed by atoms with van der Waals surface area (Å²) in [7, 11) is 0. The van der Waals surface area contributed by atoms with E-state index in [9.17, 15) is 22.8 Å². The molecular weight excluding hydrogens is 303 g/mol. The molecule has 0 unspecified atom stereocenters. The molecule has 2 N–H and O–H groups in total. The van der Waals surface area contributed by atoms with Crippen LogP contribution >= 0.6 is 0 Å². The second-order valence-corrected chi connectivity index (χ2v) is 4.93. The first-order valence-electron chi connectivity index (χ1n) is 6.41. The summed E-state index contributed by atoms with van der Waals surface area (Å²) in [5, 5.41) is 8.13. The first-order valence-corrected chi connectivity index (χ1v) is 6.41. The van der Waals surface area contributed by atoms with Crippen molar-refractivity contribution in [3.8, 4) is 0 Å². The third kappa shape index (κ3) is 2.18. The summed E-state index contributed by atoms with van der Waals surface area (Å²) in [4.78, 5) is 31.0. The Morgan fingerprint density at radius 3 is 2.55 bits per heavy atom. The molecule has 1 fully saturated rings. The third-order valence-electron chi connectivity index (χ3n) is 3.55. The molecule has 0 amide bonds. The number of H-pyrrole nitrogens is 1. The number of nitrogens with zero attached hydrogens (tertiary/aromatic N) is 2. The summed E-state index contributed by atoms with van der Waals surface area (Å²) in [6.07, 6.45) is -3.07. The first kappa shape index (κ1) is 14.4. The van der Waals surface area contributed by atoms with Crippen LogP contribution in [0.25, 0.3) is 11.0 Å². The van der Waals surface area contributed by atoms with Gasteiger partial charge in [0.25, 0.3) is 0 Å². The number of carboxylic acids is 1. The number of carboxylic acid groups (broad SMARTS) is 1. The quantitative estimate of drug-likeness (QED) is 0.883. The molecule has 0 atom stereocenters. The van der Waals surface area contributed by atoms with Crippen LogP contribution in [0.5, 0.6) is 0 Å². The van der Waals surface area contributed by atoms with Crippen molar-refractivity contribution in [3.63, 3.8) is 0 Å².